The van der Waals surface area contributed by atoms with Gasteiger partial charge in [-0.3, -0.25) is 0 Å². The van der Waals surface area contributed by atoms with E-state index < -0.39 is 16.0 Å². The van der Waals surface area contributed by atoms with Crippen molar-refractivity contribution in [1.82, 2.24) is 4.72 Å². The number of rotatable bonds is 9. The molecule has 0 unspecified atom stereocenters. The summed E-state index contributed by atoms with van der Waals surface area (Å²) in [5.74, 6) is -1.19. The van der Waals surface area contributed by atoms with Crippen LogP contribution in [0, 0.1) is 0 Å². The summed E-state index contributed by atoms with van der Waals surface area (Å²) >= 11 is 0. The molecular weight excluding hydrogens is 308 g/mol. The van der Waals surface area contributed by atoms with Crippen LogP contribution in [0.25, 0.3) is 0 Å². The number of hydrogen-bond donors (Lipinski definition) is 3. The highest BCUT2D eigenvalue weighted by molar-refractivity contribution is 7.89. The molecule has 8 heteroatoms. The van der Waals surface area contributed by atoms with Crippen molar-refractivity contribution in [2.24, 2.45) is 0 Å². The topological polar surface area (TPSA) is 105 Å². The van der Waals surface area contributed by atoms with Crippen molar-refractivity contribution in [3.05, 3.63) is 23.8 Å². The Kier molecular flexibility index (Phi) is 6.79. The second-order valence-corrected chi connectivity index (χ2v) is 6.68. The van der Waals surface area contributed by atoms with Crippen LogP contribution in [-0.2, 0) is 14.8 Å². The summed E-state index contributed by atoms with van der Waals surface area (Å²) in [6.07, 6.45) is 0.652. The molecule has 0 heterocycles. The lowest BCUT2D eigenvalue weighted by Gasteiger charge is -2.17. The fourth-order valence-corrected chi connectivity index (χ4v) is 3.03. The number of carbonyl (C=O) groups is 1. The summed E-state index contributed by atoms with van der Waals surface area (Å²) in [5.41, 5.74) is 0.258. The molecule has 1 aromatic carbocycles. The first-order valence-electron chi connectivity index (χ1n) is 6.94. The fraction of sp³-hybridized carbons (Fsp3) is 0.500. The summed E-state index contributed by atoms with van der Waals surface area (Å²) in [6.45, 7) is 4.38. The van der Waals surface area contributed by atoms with E-state index in [0.717, 1.165) is 6.07 Å². The highest BCUT2D eigenvalue weighted by Gasteiger charge is 2.19. The van der Waals surface area contributed by atoms with Crippen molar-refractivity contribution in [2.45, 2.75) is 31.2 Å². The Bertz CT molecular complexity index is 616. The van der Waals surface area contributed by atoms with E-state index in [9.17, 15) is 18.3 Å². The molecule has 0 aliphatic rings. The molecule has 0 saturated heterocycles. The zero-order valence-corrected chi connectivity index (χ0v) is 13.7. The Morgan fingerprint density at radius 3 is 2.64 bits per heavy atom. The summed E-state index contributed by atoms with van der Waals surface area (Å²) in [7, 11) is -2.15. The molecule has 0 aliphatic heterocycles. The number of aromatic carboxylic acids is 1. The van der Waals surface area contributed by atoms with Gasteiger partial charge in [0.2, 0.25) is 10.0 Å². The fourth-order valence-electron chi connectivity index (χ4n) is 1.87. The molecule has 0 spiro atoms. The van der Waals surface area contributed by atoms with Gasteiger partial charge in [-0.05, 0) is 31.5 Å². The minimum absolute atomic E-state index is 0.0664. The Morgan fingerprint density at radius 2 is 2.09 bits per heavy atom. The molecule has 0 amide bonds. The number of ether oxygens (including phenoxy) is 1. The molecule has 0 bridgehead atoms. The second-order valence-electron chi connectivity index (χ2n) is 4.91. The Balaban J connectivity index is 3.12. The zero-order chi connectivity index (χ0) is 16.8. The van der Waals surface area contributed by atoms with Crippen molar-refractivity contribution in [2.75, 3.05) is 25.6 Å². The molecule has 0 aromatic heterocycles. The smallest absolute Gasteiger partial charge is 0.337 e. The van der Waals surface area contributed by atoms with E-state index in [4.69, 9.17) is 4.74 Å². The number of carboxylic acid groups (broad SMARTS) is 1. The van der Waals surface area contributed by atoms with Crippen LogP contribution in [0.1, 0.15) is 30.6 Å². The molecule has 1 rings (SSSR count). The highest BCUT2D eigenvalue weighted by atomic mass is 32.2. The SMILES string of the molecule is CCCNS(=O)(=O)c1ccc(N[C@@H](C)COC)c(C(=O)O)c1. The van der Waals surface area contributed by atoms with E-state index in [1.54, 1.807) is 7.11 Å². The number of sulfonamides is 1. The molecular formula is C14H22N2O5S. The first-order valence-corrected chi connectivity index (χ1v) is 8.42. The van der Waals surface area contributed by atoms with Crippen LogP contribution < -0.4 is 10.0 Å². The Hall–Kier alpha value is -1.64. The molecule has 1 aromatic rings. The second kappa shape index (κ2) is 8.11. The number of carboxylic acids is 1. The van der Waals surface area contributed by atoms with Gasteiger partial charge in [0.15, 0.2) is 0 Å². The van der Waals surface area contributed by atoms with Crippen LogP contribution in [0.2, 0.25) is 0 Å². The summed E-state index contributed by atoms with van der Waals surface area (Å²) in [6, 6.07) is 3.88. The van der Waals surface area contributed by atoms with Crippen LogP contribution in [0.5, 0.6) is 0 Å². The van der Waals surface area contributed by atoms with Gasteiger partial charge >= 0.3 is 5.97 Å². The van der Waals surface area contributed by atoms with Gasteiger partial charge in [-0.2, -0.15) is 0 Å². The Labute approximate surface area is 130 Å². The maximum Gasteiger partial charge on any atom is 0.337 e. The minimum Gasteiger partial charge on any atom is -0.478 e. The van der Waals surface area contributed by atoms with Crippen LogP contribution in [0.15, 0.2) is 23.1 Å². The molecule has 0 fully saturated rings. The summed E-state index contributed by atoms with van der Waals surface area (Å²) < 4.78 is 31.5. The van der Waals surface area contributed by atoms with E-state index in [0.29, 0.717) is 25.3 Å². The average molecular weight is 330 g/mol. The predicted molar refractivity (Wildman–Crippen MR) is 83.8 cm³/mol. The predicted octanol–water partition coefficient (Wildman–Crippen LogP) is 1.52. The first-order chi connectivity index (χ1) is 10.3. The lowest BCUT2D eigenvalue weighted by atomic mass is 10.1. The lowest BCUT2D eigenvalue weighted by Crippen LogP contribution is -2.25. The summed E-state index contributed by atoms with van der Waals surface area (Å²) in [4.78, 5) is 11.3. The van der Waals surface area contributed by atoms with Gasteiger partial charge in [0.1, 0.15) is 0 Å². The van der Waals surface area contributed by atoms with Crippen molar-refractivity contribution >= 4 is 21.7 Å². The normalized spacial score (nSPS) is 12.9. The molecule has 22 heavy (non-hydrogen) atoms. The largest absolute Gasteiger partial charge is 0.478 e. The van der Waals surface area contributed by atoms with E-state index in [1.807, 2.05) is 13.8 Å². The van der Waals surface area contributed by atoms with Crippen LogP contribution >= 0.6 is 0 Å². The number of nitrogens with one attached hydrogen (secondary N) is 2. The van der Waals surface area contributed by atoms with Gasteiger partial charge in [0, 0.05) is 25.4 Å². The van der Waals surface area contributed by atoms with Crippen LogP contribution in [0.3, 0.4) is 0 Å². The van der Waals surface area contributed by atoms with E-state index in [-0.39, 0.29) is 16.5 Å². The van der Waals surface area contributed by atoms with Crippen molar-refractivity contribution in [1.29, 1.82) is 0 Å². The van der Waals surface area contributed by atoms with E-state index in [2.05, 4.69) is 10.0 Å². The van der Waals surface area contributed by atoms with E-state index in [1.165, 1.54) is 12.1 Å². The molecule has 3 N–H and O–H groups in total. The first kappa shape index (κ1) is 18.4. The van der Waals surface area contributed by atoms with Gasteiger partial charge in [0.05, 0.1) is 17.1 Å². The van der Waals surface area contributed by atoms with Crippen molar-refractivity contribution < 1.29 is 23.1 Å². The Morgan fingerprint density at radius 1 is 1.41 bits per heavy atom. The number of hydrogen-bond acceptors (Lipinski definition) is 5. The molecule has 124 valence electrons. The third-order valence-corrected chi connectivity index (χ3v) is 4.35. The van der Waals surface area contributed by atoms with Gasteiger partial charge in [-0.1, -0.05) is 6.92 Å². The van der Waals surface area contributed by atoms with Crippen LogP contribution in [-0.4, -0.2) is 45.8 Å². The molecule has 0 aliphatic carbocycles. The molecule has 0 saturated carbocycles. The summed E-state index contributed by atoms with van der Waals surface area (Å²) in [5, 5.41) is 12.3. The molecule has 0 radical (unpaired) electrons. The quantitative estimate of drug-likeness (QED) is 0.634. The number of anilines is 1. The standard InChI is InChI=1S/C14H22N2O5S/c1-4-7-15-22(19,20)11-5-6-13(12(8-11)14(17)18)16-10(2)9-21-3/h5-6,8,10,15-16H,4,7,9H2,1-3H3,(H,17,18)/t10-/m0/s1. The maximum absolute atomic E-state index is 12.1. The van der Waals surface area contributed by atoms with E-state index >= 15 is 0 Å². The van der Waals surface area contributed by atoms with Crippen molar-refractivity contribution in [3.8, 4) is 0 Å². The van der Waals surface area contributed by atoms with Crippen molar-refractivity contribution in [3.63, 3.8) is 0 Å². The van der Waals surface area contributed by atoms with Gasteiger partial charge in [0.25, 0.3) is 0 Å². The van der Waals surface area contributed by atoms with Crippen LogP contribution in [0.4, 0.5) is 5.69 Å². The number of benzene rings is 1. The average Bonchev–Trinajstić information content (AvgIpc) is 2.45. The third-order valence-electron chi connectivity index (χ3n) is 2.89. The minimum atomic E-state index is -3.70. The molecule has 1 atom stereocenters. The lowest BCUT2D eigenvalue weighted by molar-refractivity contribution is 0.0697. The van der Waals surface area contributed by atoms with Gasteiger partial charge < -0.3 is 15.2 Å². The zero-order valence-electron chi connectivity index (χ0n) is 12.9. The maximum atomic E-state index is 12.1. The molecule has 7 nitrogen and oxygen atoms in total. The van der Waals surface area contributed by atoms with Gasteiger partial charge in [-0.15, -0.1) is 0 Å². The monoisotopic (exact) mass is 330 g/mol. The van der Waals surface area contributed by atoms with Gasteiger partial charge in [-0.25, -0.2) is 17.9 Å². The number of methoxy groups -OCH3 is 1. The third kappa shape index (κ3) is 4.97. The highest BCUT2D eigenvalue weighted by Crippen LogP contribution is 2.21.